The highest BCUT2D eigenvalue weighted by Gasteiger charge is 2.37. The largest absolute Gasteiger partial charge is 0.419 e. The number of carbonyl (C=O) groups excluding carboxylic acids is 2. The molecule has 8 nitrogen and oxygen atoms in total. The van der Waals surface area contributed by atoms with Crippen LogP contribution in [0.4, 0.5) is 0 Å². The fourth-order valence-corrected chi connectivity index (χ4v) is 3.20. The molecule has 2 heterocycles. The lowest BCUT2D eigenvalue weighted by Gasteiger charge is -2.33. The highest BCUT2D eigenvalue weighted by atomic mass is 16.5. The van der Waals surface area contributed by atoms with Crippen LogP contribution >= 0.6 is 0 Å². The standard InChI is InChI=1S/C21H20N4O4/c1-25(12-17-23-24-20(29-17)15-10-6-3-7-11-15)21(27)19-18(22-16(26)13-28-19)14-8-4-2-5-9-14/h2-11,18-19H,12-13H2,1H3,(H,22,26)/t18-,19+/m1/s1. The lowest BCUT2D eigenvalue weighted by molar-refractivity contribution is -0.154. The van der Waals surface area contributed by atoms with E-state index in [4.69, 9.17) is 9.15 Å². The van der Waals surface area contributed by atoms with Gasteiger partial charge in [0.1, 0.15) is 6.61 Å². The quantitative estimate of drug-likeness (QED) is 0.713. The Morgan fingerprint density at radius 3 is 2.52 bits per heavy atom. The Labute approximate surface area is 167 Å². The second-order valence-corrected chi connectivity index (χ2v) is 6.75. The minimum atomic E-state index is -0.836. The van der Waals surface area contributed by atoms with Crippen LogP contribution in [-0.2, 0) is 20.9 Å². The van der Waals surface area contributed by atoms with Crippen molar-refractivity contribution < 1.29 is 18.7 Å². The SMILES string of the molecule is CN(Cc1nnc(-c2ccccc2)o1)C(=O)[C@H]1OCC(=O)N[C@@H]1c1ccccc1. The average Bonchev–Trinajstić information content (AvgIpc) is 3.23. The van der Waals surface area contributed by atoms with E-state index in [-0.39, 0.29) is 25.0 Å². The first kappa shape index (κ1) is 18.8. The Morgan fingerprint density at radius 2 is 1.79 bits per heavy atom. The lowest BCUT2D eigenvalue weighted by Crippen LogP contribution is -2.52. The molecule has 1 fully saturated rings. The molecule has 1 aliphatic heterocycles. The maximum Gasteiger partial charge on any atom is 0.254 e. The number of carbonyl (C=O) groups is 2. The van der Waals surface area contributed by atoms with E-state index in [2.05, 4.69) is 15.5 Å². The van der Waals surface area contributed by atoms with Gasteiger partial charge >= 0.3 is 0 Å². The predicted octanol–water partition coefficient (Wildman–Crippen LogP) is 1.95. The van der Waals surface area contributed by atoms with Gasteiger partial charge in [0.05, 0.1) is 12.6 Å². The van der Waals surface area contributed by atoms with E-state index in [0.29, 0.717) is 11.8 Å². The number of hydrogen-bond donors (Lipinski definition) is 1. The molecular formula is C21H20N4O4. The molecule has 2 aromatic carbocycles. The van der Waals surface area contributed by atoms with Gasteiger partial charge in [0, 0.05) is 12.6 Å². The number of amides is 2. The van der Waals surface area contributed by atoms with Crippen LogP contribution < -0.4 is 5.32 Å². The molecule has 1 aliphatic rings. The first-order valence-electron chi connectivity index (χ1n) is 9.20. The van der Waals surface area contributed by atoms with Crippen LogP contribution in [0.25, 0.3) is 11.5 Å². The number of aromatic nitrogens is 2. The van der Waals surface area contributed by atoms with Crippen LogP contribution in [-0.4, -0.2) is 46.7 Å². The van der Waals surface area contributed by atoms with Gasteiger partial charge in [-0.15, -0.1) is 10.2 Å². The van der Waals surface area contributed by atoms with Crippen LogP contribution in [0.15, 0.2) is 65.1 Å². The van der Waals surface area contributed by atoms with Crippen molar-refractivity contribution in [3.8, 4) is 11.5 Å². The van der Waals surface area contributed by atoms with Gasteiger partial charge in [-0.05, 0) is 17.7 Å². The fraction of sp³-hybridized carbons (Fsp3) is 0.238. The zero-order chi connectivity index (χ0) is 20.2. The van der Waals surface area contributed by atoms with E-state index in [1.54, 1.807) is 7.05 Å². The Kier molecular flexibility index (Phi) is 5.35. The number of nitrogens with zero attached hydrogens (tertiary/aromatic N) is 3. The van der Waals surface area contributed by atoms with Crippen molar-refractivity contribution in [1.82, 2.24) is 20.4 Å². The number of benzene rings is 2. The van der Waals surface area contributed by atoms with Crippen LogP contribution in [0, 0.1) is 0 Å². The van der Waals surface area contributed by atoms with E-state index in [1.165, 1.54) is 4.90 Å². The van der Waals surface area contributed by atoms with Crippen LogP contribution in [0.3, 0.4) is 0 Å². The maximum absolute atomic E-state index is 13.0. The minimum Gasteiger partial charge on any atom is -0.419 e. The highest BCUT2D eigenvalue weighted by Crippen LogP contribution is 2.24. The molecule has 8 heteroatoms. The topological polar surface area (TPSA) is 97.6 Å². The lowest BCUT2D eigenvalue weighted by atomic mass is 9.99. The van der Waals surface area contributed by atoms with Gasteiger partial charge in [-0.1, -0.05) is 48.5 Å². The Hall–Kier alpha value is -3.52. The molecule has 2 amide bonds. The second kappa shape index (κ2) is 8.24. The zero-order valence-electron chi connectivity index (χ0n) is 15.8. The maximum atomic E-state index is 13.0. The number of rotatable bonds is 5. The Balaban J connectivity index is 1.48. The molecular weight excluding hydrogens is 372 g/mol. The first-order valence-corrected chi connectivity index (χ1v) is 9.20. The van der Waals surface area contributed by atoms with Crippen molar-refractivity contribution >= 4 is 11.8 Å². The summed E-state index contributed by atoms with van der Waals surface area (Å²) in [4.78, 5) is 26.3. The number of likely N-dealkylation sites (N-methyl/N-ethyl adjacent to an activating group) is 1. The molecule has 2 atom stereocenters. The van der Waals surface area contributed by atoms with E-state index in [9.17, 15) is 9.59 Å². The summed E-state index contributed by atoms with van der Waals surface area (Å²) in [5.41, 5.74) is 1.61. The second-order valence-electron chi connectivity index (χ2n) is 6.75. The minimum absolute atomic E-state index is 0.133. The average molecular weight is 392 g/mol. The molecule has 1 saturated heterocycles. The molecule has 0 bridgehead atoms. The summed E-state index contributed by atoms with van der Waals surface area (Å²) in [6, 6.07) is 18.1. The van der Waals surface area contributed by atoms with Gasteiger partial charge in [-0.25, -0.2) is 0 Å². The predicted molar refractivity (Wildman–Crippen MR) is 103 cm³/mol. The zero-order valence-corrected chi connectivity index (χ0v) is 15.8. The number of morpholine rings is 1. The number of hydrogen-bond acceptors (Lipinski definition) is 6. The molecule has 1 N–H and O–H groups in total. The summed E-state index contributed by atoms with van der Waals surface area (Å²) in [5, 5.41) is 10.9. The van der Waals surface area contributed by atoms with Gasteiger partial charge in [-0.3, -0.25) is 9.59 Å². The van der Waals surface area contributed by atoms with Crippen LogP contribution in [0.2, 0.25) is 0 Å². The molecule has 4 rings (SSSR count). The van der Waals surface area contributed by atoms with Crippen molar-refractivity contribution in [3.05, 3.63) is 72.1 Å². The molecule has 1 aromatic heterocycles. The Morgan fingerprint density at radius 1 is 1.10 bits per heavy atom. The van der Waals surface area contributed by atoms with Crippen molar-refractivity contribution in [2.75, 3.05) is 13.7 Å². The van der Waals surface area contributed by atoms with Gasteiger partial charge in [0.2, 0.25) is 17.7 Å². The van der Waals surface area contributed by atoms with Gasteiger partial charge in [0.25, 0.3) is 5.91 Å². The van der Waals surface area contributed by atoms with E-state index in [1.807, 2.05) is 60.7 Å². The van der Waals surface area contributed by atoms with Gasteiger partial charge in [-0.2, -0.15) is 0 Å². The smallest absolute Gasteiger partial charge is 0.254 e. The van der Waals surface area contributed by atoms with Crippen LogP contribution in [0.1, 0.15) is 17.5 Å². The number of ether oxygens (including phenoxy) is 1. The fourth-order valence-electron chi connectivity index (χ4n) is 3.20. The van der Waals surface area contributed by atoms with Crippen molar-refractivity contribution in [2.24, 2.45) is 0 Å². The third kappa shape index (κ3) is 4.17. The molecule has 0 saturated carbocycles. The summed E-state index contributed by atoms with van der Waals surface area (Å²) < 4.78 is 11.3. The summed E-state index contributed by atoms with van der Waals surface area (Å²) >= 11 is 0. The van der Waals surface area contributed by atoms with E-state index >= 15 is 0 Å². The van der Waals surface area contributed by atoms with E-state index in [0.717, 1.165) is 11.1 Å². The first-order chi connectivity index (χ1) is 14.1. The molecule has 0 radical (unpaired) electrons. The summed E-state index contributed by atoms with van der Waals surface area (Å²) in [6.45, 7) is -0.0275. The molecule has 29 heavy (non-hydrogen) atoms. The van der Waals surface area contributed by atoms with Gasteiger partial charge < -0.3 is 19.4 Å². The molecule has 0 spiro atoms. The summed E-state index contributed by atoms with van der Waals surface area (Å²) in [7, 11) is 1.64. The van der Waals surface area contributed by atoms with Crippen molar-refractivity contribution in [3.63, 3.8) is 0 Å². The van der Waals surface area contributed by atoms with Gasteiger partial charge in [0.15, 0.2) is 6.10 Å². The van der Waals surface area contributed by atoms with Crippen molar-refractivity contribution in [1.29, 1.82) is 0 Å². The molecule has 3 aromatic rings. The van der Waals surface area contributed by atoms with E-state index < -0.39 is 12.1 Å². The third-order valence-corrected chi connectivity index (χ3v) is 4.65. The van der Waals surface area contributed by atoms with Crippen molar-refractivity contribution in [2.45, 2.75) is 18.7 Å². The monoisotopic (exact) mass is 392 g/mol. The number of nitrogens with one attached hydrogen (secondary N) is 1. The van der Waals surface area contributed by atoms with Crippen LogP contribution in [0.5, 0.6) is 0 Å². The molecule has 148 valence electrons. The summed E-state index contributed by atoms with van der Waals surface area (Å²) in [5.74, 6) is 0.175. The third-order valence-electron chi connectivity index (χ3n) is 4.65. The molecule has 0 aliphatic carbocycles. The summed E-state index contributed by atoms with van der Waals surface area (Å²) in [6.07, 6.45) is -0.836. The molecule has 0 unspecified atom stereocenters. The highest BCUT2D eigenvalue weighted by molar-refractivity contribution is 5.86. The Bertz CT molecular complexity index is 990. The normalized spacial score (nSPS) is 18.9.